The Morgan fingerprint density at radius 2 is 0.977 bits per heavy atom. The Morgan fingerprint density at radius 3 is 1.84 bits per heavy atom. The van der Waals surface area contributed by atoms with Gasteiger partial charge in [-0.1, -0.05) is 121 Å². The molecule has 1 nitrogen and oxygen atoms in total. The van der Waals surface area contributed by atoms with E-state index in [1.807, 2.05) is 0 Å². The average Bonchev–Trinajstić information content (AvgIpc) is 3.58. The summed E-state index contributed by atoms with van der Waals surface area (Å²) in [4.78, 5) is 0. The second kappa shape index (κ2) is 8.44. The van der Waals surface area contributed by atoms with Crippen molar-refractivity contribution in [3.8, 4) is 39.1 Å². The molecule has 43 heavy (non-hydrogen) atoms. The Hall–Kier alpha value is -5.66. The minimum absolute atomic E-state index is 1.17. The van der Waals surface area contributed by atoms with Crippen molar-refractivity contribution in [2.45, 2.75) is 0 Å². The van der Waals surface area contributed by atoms with Crippen LogP contribution in [0.3, 0.4) is 0 Å². The Labute approximate surface area is 248 Å². The molecular formula is C42H25N. The van der Waals surface area contributed by atoms with Crippen LogP contribution in [0.5, 0.6) is 0 Å². The van der Waals surface area contributed by atoms with Crippen LogP contribution >= 0.6 is 0 Å². The van der Waals surface area contributed by atoms with Crippen molar-refractivity contribution in [2.24, 2.45) is 0 Å². The van der Waals surface area contributed by atoms with E-state index < -0.39 is 0 Å². The molecule has 0 fully saturated rings. The van der Waals surface area contributed by atoms with Gasteiger partial charge in [-0.3, -0.25) is 0 Å². The first-order valence-electron chi connectivity index (χ1n) is 14.9. The van der Waals surface area contributed by atoms with Crippen LogP contribution in [-0.4, -0.2) is 4.57 Å². The second-order valence-electron chi connectivity index (χ2n) is 11.7. The first kappa shape index (κ1) is 23.0. The maximum Gasteiger partial charge on any atom is 0.0547 e. The Balaban J connectivity index is 1.17. The molecule has 0 radical (unpaired) electrons. The average molecular weight is 544 g/mol. The van der Waals surface area contributed by atoms with Crippen LogP contribution < -0.4 is 0 Å². The number of benzene rings is 8. The Morgan fingerprint density at radius 1 is 0.326 bits per heavy atom. The van der Waals surface area contributed by atoms with Crippen molar-refractivity contribution in [1.82, 2.24) is 4.57 Å². The summed E-state index contributed by atoms with van der Waals surface area (Å²) in [5, 5.41) is 10.4. The summed E-state index contributed by atoms with van der Waals surface area (Å²) in [7, 11) is 0. The molecule has 198 valence electrons. The smallest absolute Gasteiger partial charge is 0.0547 e. The number of hydrogen-bond acceptors (Lipinski definition) is 0. The van der Waals surface area contributed by atoms with E-state index in [0.717, 1.165) is 0 Å². The molecule has 1 aliphatic rings. The van der Waals surface area contributed by atoms with Crippen LogP contribution in [0.4, 0.5) is 0 Å². The van der Waals surface area contributed by atoms with Crippen LogP contribution in [0, 0.1) is 0 Å². The molecule has 1 heterocycles. The van der Waals surface area contributed by atoms with E-state index in [-0.39, 0.29) is 0 Å². The zero-order chi connectivity index (χ0) is 28.1. The zero-order valence-electron chi connectivity index (χ0n) is 23.4. The molecule has 9 aromatic rings. The number of fused-ring (bicyclic) bond motifs is 9. The number of para-hydroxylation sites is 1. The van der Waals surface area contributed by atoms with Crippen molar-refractivity contribution < 1.29 is 0 Å². The van der Waals surface area contributed by atoms with Crippen molar-refractivity contribution in [1.29, 1.82) is 0 Å². The zero-order valence-corrected chi connectivity index (χ0v) is 23.4. The van der Waals surface area contributed by atoms with Gasteiger partial charge in [0.1, 0.15) is 0 Å². The fourth-order valence-corrected chi connectivity index (χ4v) is 7.60. The van der Waals surface area contributed by atoms with Gasteiger partial charge in [-0.05, 0) is 96.0 Å². The fraction of sp³-hybridized carbons (Fsp3) is 0. The highest BCUT2D eigenvalue weighted by atomic mass is 15.0. The molecule has 0 aliphatic heterocycles. The second-order valence-corrected chi connectivity index (χ2v) is 11.7. The van der Waals surface area contributed by atoms with Crippen LogP contribution in [0.1, 0.15) is 0 Å². The first-order valence-corrected chi connectivity index (χ1v) is 14.9. The van der Waals surface area contributed by atoms with E-state index in [2.05, 4.69) is 156 Å². The third-order valence-electron chi connectivity index (χ3n) is 9.52. The maximum absolute atomic E-state index is 2.42. The number of rotatable bonds is 2. The van der Waals surface area contributed by atoms with Gasteiger partial charge in [-0.15, -0.1) is 0 Å². The highest BCUT2D eigenvalue weighted by Crippen LogP contribution is 2.49. The third kappa shape index (κ3) is 3.11. The molecule has 0 bridgehead atoms. The summed E-state index contributed by atoms with van der Waals surface area (Å²) in [5.74, 6) is 0. The highest BCUT2D eigenvalue weighted by Gasteiger charge is 2.22. The summed E-state index contributed by atoms with van der Waals surface area (Å²) in [6.07, 6.45) is 0. The minimum atomic E-state index is 1.17. The highest BCUT2D eigenvalue weighted by molar-refractivity contribution is 6.20. The molecule has 1 aliphatic carbocycles. The summed E-state index contributed by atoms with van der Waals surface area (Å²) in [5.41, 5.74) is 11.5. The lowest BCUT2D eigenvalue weighted by Crippen LogP contribution is -1.94. The van der Waals surface area contributed by atoms with Gasteiger partial charge >= 0.3 is 0 Å². The topological polar surface area (TPSA) is 4.93 Å². The SMILES string of the molecule is c1ccc2c(c1)-c1cccc3c(-c4ccc(-n5c6ccccc6c6cc7c(ccc8ccccc87)cc65)cc4)ccc-2c13. The summed E-state index contributed by atoms with van der Waals surface area (Å²) < 4.78 is 2.42. The lowest BCUT2D eigenvalue weighted by molar-refractivity contribution is 1.18. The molecule has 1 aromatic heterocycles. The largest absolute Gasteiger partial charge is 0.309 e. The Bertz CT molecular complexity index is 2570. The van der Waals surface area contributed by atoms with Gasteiger partial charge in [0.05, 0.1) is 11.0 Å². The summed E-state index contributed by atoms with van der Waals surface area (Å²) in [6.45, 7) is 0. The van der Waals surface area contributed by atoms with E-state index in [1.165, 1.54) is 93.2 Å². The monoisotopic (exact) mass is 543 g/mol. The molecular weight excluding hydrogens is 518 g/mol. The molecule has 0 N–H and O–H groups in total. The fourth-order valence-electron chi connectivity index (χ4n) is 7.60. The lowest BCUT2D eigenvalue weighted by Gasteiger charge is -2.12. The van der Waals surface area contributed by atoms with E-state index in [0.29, 0.717) is 0 Å². The van der Waals surface area contributed by atoms with E-state index in [9.17, 15) is 0 Å². The molecule has 1 heteroatoms. The van der Waals surface area contributed by atoms with Crippen molar-refractivity contribution in [3.05, 3.63) is 152 Å². The molecule has 0 unspecified atom stereocenters. The lowest BCUT2D eigenvalue weighted by atomic mass is 9.94. The van der Waals surface area contributed by atoms with Crippen LogP contribution in [0.25, 0.3) is 93.2 Å². The molecule has 10 rings (SSSR count). The predicted octanol–water partition coefficient (Wildman–Crippen LogP) is 11.6. The molecule has 0 spiro atoms. The number of nitrogens with zero attached hydrogens (tertiary/aromatic N) is 1. The third-order valence-corrected chi connectivity index (χ3v) is 9.52. The molecule has 0 saturated carbocycles. The maximum atomic E-state index is 2.42. The van der Waals surface area contributed by atoms with Gasteiger partial charge in [0, 0.05) is 16.5 Å². The van der Waals surface area contributed by atoms with Crippen LogP contribution in [-0.2, 0) is 0 Å². The van der Waals surface area contributed by atoms with Crippen LogP contribution in [0.2, 0.25) is 0 Å². The Kier molecular flexibility index (Phi) is 4.51. The molecule has 0 amide bonds. The number of hydrogen-bond donors (Lipinski definition) is 0. The molecule has 0 saturated heterocycles. The van der Waals surface area contributed by atoms with Gasteiger partial charge < -0.3 is 4.57 Å². The summed E-state index contributed by atoms with van der Waals surface area (Å²) >= 11 is 0. The van der Waals surface area contributed by atoms with E-state index in [4.69, 9.17) is 0 Å². The van der Waals surface area contributed by atoms with Crippen molar-refractivity contribution in [3.63, 3.8) is 0 Å². The van der Waals surface area contributed by atoms with Gasteiger partial charge in [-0.25, -0.2) is 0 Å². The molecule has 8 aromatic carbocycles. The van der Waals surface area contributed by atoms with Gasteiger partial charge in [0.25, 0.3) is 0 Å². The van der Waals surface area contributed by atoms with Gasteiger partial charge in [0.2, 0.25) is 0 Å². The molecule has 0 atom stereocenters. The van der Waals surface area contributed by atoms with Crippen molar-refractivity contribution >= 4 is 54.1 Å². The quantitative estimate of drug-likeness (QED) is 0.191. The van der Waals surface area contributed by atoms with Gasteiger partial charge in [0.15, 0.2) is 0 Å². The first-order chi connectivity index (χ1) is 21.3. The standard InChI is InChI=1S/C42H25N/c1-2-9-30-26(8-1)16-17-28-24-41-39(25-38(28)30)34-12-5-6-15-40(34)43(41)29-20-18-27(19-21-29)31-22-23-37-33-11-4-3-10-32(33)36-14-7-13-35(31)42(36)37/h1-25H. The normalized spacial score (nSPS) is 12.2. The van der Waals surface area contributed by atoms with Crippen LogP contribution in [0.15, 0.2) is 152 Å². The van der Waals surface area contributed by atoms with Crippen molar-refractivity contribution in [2.75, 3.05) is 0 Å². The van der Waals surface area contributed by atoms with E-state index >= 15 is 0 Å². The predicted molar refractivity (Wildman–Crippen MR) is 183 cm³/mol. The number of aromatic nitrogens is 1. The summed E-state index contributed by atoms with van der Waals surface area (Å²) in [6, 6.07) is 56.0. The minimum Gasteiger partial charge on any atom is -0.309 e. The van der Waals surface area contributed by atoms with Gasteiger partial charge in [-0.2, -0.15) is 0 Å². The van der Waals surface area contributed by atoms with E-state index in [1.54, 1.807) is 0 Å².